The molecule has 0 saturated carbocycles. The molecule has 0 radical (unpaired) electrons. The van der Waals surface area contributed by atoms with E-state index >= 15 is 0 Å². The number of hydrogen-bond acceptors (Lipinski definition) is 1. The molecule has 0 fully saturated rings. The quantitative estimate of drug-likeness (QED) is 0.655. The van der Waals surface area contributed by atoms with Crippen LogP contribution in [0.25, 0.3) is 22.3 Å². The van der Waals surface area contributed by atoms with E-state index in [1.54, 1.807) is 0 Å². The lowest BCUT2D eigenvalue weighted by molar-refractivity contribution is 1.05. The van der Waals surface area contributed by atoms with E-state index in [0.29, 0.717) is 0 Å². The number of fused-ring (bicyclic) bond motifs is 1. The molecule has 0 atom stereocenters. The largest absolute Gasteiger partial charge is 0.293 e. The summed E-state index contributed by atoms with van der Waals surface area (Å²) in [5, 5.41) is 0. The van der Waals surface area contributed by atoms with Crippen LogP contribution in [0.15, 0.2) is 60.7 Å². The summed E-state index contributed by atoms with van der Waals surface area (Å²) >= 11 is 0. The molecule has 2 nitrogen and oxygen atoms in total. The summed E-state index contributed by atoms with van der Waals surface area (Å²) in [6.45, 7) is 4.14. The molecular weight excluding hydrogens is 232 g/mol. The molecule has 2 heteroatoms. The number of benzene rings is 2. The Bertz CT molecular complexity index is 736. The Balaban J connectivity index is 2.37. The molecule has 0 N–H and O–H groups in total. The Labute approximate surface area is 113 Å². The van der Waals surface area contributed by atoms with Gasteiger partial charge in [-0.15, -0.1) is 0 Å². The molecule has 0 unspecified atom stereocenters. The lowest BCUT2D eigenvalue weighted by Gasteiger charge is -2.09. The Morgan fingerprint density at radius 1 is 1.00 bits per heavy atom. The molecule has 94 valence electrons. The Hall–Kier alpha value is -2.35. The van der Waals surface area contributed by atoms with Crippen molar-refractivity contribution in [3.05, 3.63) is 66.5 Å². The van der Waals surface area contributed by atoms with E-state index < -0.39 is 0 Å². The molecule has 0 aliphatic heterocycles. The van der Waals surface area contributed by atoms with Gasteiger partial charge in [0.25, 0.3) is 0 Å². The molecule has 3 aromatic rings. The van der Waals surface area contributed by atoms with Crippen LogP contribution in [0.2, 0.25) is 0 Å². The van der Waals surface area contributed by atoms with Gasteiger partial charge in [0.15, 0.2) is 0 Å². The molecule has 0 bridgehead atoms. The van der Waals surface area contributed by atoms with Gasteiger partial charge in [-0.2, -0.15) is 0 Å². The van der Waals surface area contributed by atoms with Crippen LogP contribution in [0, 0.1) is 0 Å². The summed E-state index contributed by atoms with van der Waals surface area (Å²) < 4.78 is 2.21. The molecule has 2 aromatic carbocycles. The van der Waals surface area contributed by atoms with Gasteiger partial charge in [0.1, 0.15) is 5.82 Å². The first kappa shape index (κ1) is 11.7. The number of rotatable bonds is 2. The maximum atomic E-state index is 4.75. The number of para-hydroxylation sites is 3. The second-order valence-electron chi connectivity index (χ2n) is 4.57. The van der Waals surface area contributed by atoms with Gasteiger partial charge in [0, 0.05) is 5.69 Å². The van der Waals surface area contributed by atoms with Crippen molar-refractivity contribution in [3.63, 3.8) is 0 Å². The minimum atomic E-state index is 1.01. The van der Waals surface area contributed by atoms with Gasteiger partial charge in [0.05, 0.1) is 11.0 Å². The summed E-state index contributed by atoms with van der Waals surface area (Å²) in [5.74, 6) is 1.01. The van der Waals surface area contributed by atoms with Crippen molar-refractivity contribution in [3.8, 4) is 5.69 Å². The molecule has 19 heavy (non-hydrogen) atoms. The molecule has 3 rings (SSSR count). The molecular formula is C17H16N2. The van der Waals surface area contributed by atoms with Crippen LogP contribution in [-0.4, -0.2) is 9.55 Å². The fourth-order valence-corrected chi connectivity index (χ4v) is 2.26. The van der Waals surface area contributed by atoms with Gasteiger partial charge in [-0.3, -0.25) is 4.57 Å². The number of allylic oxidation sites excluding steroid dienone is 2. The second-order valence-corrected chi connectivity index (χ2v) is 4.57. The molecule has 1 aromatic heterocycles. The minimum Gasteiger partial charge on any atom is -0.293 e. The van der Waals surface area contributed by atoms with Crippen molar-refractivity contribution in [2.24, 2.45) is 0 Å². The topological polar surface area (TPSA) is 17.8 Å². The van der Waals surface area contributed by atoms with E-state index in [4.69, 9.17) is 4.98 Å². The third-order valence-corrected chi connectivity index (χ3v) is 3.36. The van der Waals surface area contributed by atoms with Gasteiger partial charge >= 0.3 is 0 Å². The van der Waals surface area contributed by atoms with Crippen molar-refractivity contribution in [2.75, 3.05) is 0 Å². The zero-order valence-corrected chi connectivity index (χ0v) is 11.2. The Kier molecular flexibility index (Phi) is 2.92. The average molecular weight is 248 g/mol. The van der Waals surface area contributed by atoms with E-state index in [2.05, 4.69) is 60.0 Å². The number of aromatic nitrogens is 2. The monoisotopic (exact) mass is 248 g/mol. The van der Waals surface area contributed by atoms with Crippen LogP contribution in [0.4, 0.5) is 0 Å². The summed E-state index contributed by atoms with van der Waals surface area (Å²) in [6, 6.07) is 18.6. The van der Waals surface area contributed by atoms with Crippen LogP contribution < -0.4 is 0 Å². The Morgan fingerprint density at radius 2 is 1.68 bits per heavy atom. The molecule has 0 aliphatic carbocycles. The average Bonchev–Trinajstić information content (AvgIpc) is 2.86. The van der Waals surface area contributed by atoms with E-state index in [1.165, 1.54) is 5.57 Å². The maximum absolute atomic E-state index is 4.75. The number of imidazole rings is 1. The zero-order chi connectivity index (χ0) is 13.2. The van der Waals surface area contributed by atoms with E-state index in [-0.39, 0.29) is 0 Å². The SMILES string of the molecule is CC=C(C)c1nc2ccccc2n1-c1ccccc1. The van der Waals surface area contributed by atoms with Crippen LogP contribution in [-0.2, 0) is 0 Å². The first-order valence-corrected chi connectivity index (χ1v) is 6.47. The number of nitrogens with zero attached hydrogens (tertiary/aromatic N) is 2. The molecule has 1 heterocycles. The van der Waals surface area contributed by atoms with Crippen LogP contribution in [0.1, 0.15) is 19.7 Å². The van der Waals surface area contributed by atoms with Crippen LogP contribution in [0.3, 0.4) is 0 Å². The highest BCUT2D eigenvalue weighted by Crippen LogP contribution is 2.25. The fourth-order valence-electron chi connectivity index (χ4n) is 2.26. The van der Waals surface area contributed by atoms with Crippen molar-refractivity contribution < 1.29 is 0 Å². The van der Waals surface area contributed by atoms with Crippen molar-refractivity contribution in [2.45, 2.75) is 13.8 Å². The van der Waals surface area contributed by atoms with Crippen molar-refractivity contribution in [1.82, 2.24) is 9.55 Å². The maximum Gasteiger partial charge on any atom is 0.141 e. The molecule has 0 saturated heterocycles. The van der Waals surface area contributed by atoms with E-state index in [1.807, 2.05) is 19.1 Å². The molecule has 0 amide bonds. The predicted octanol–water partition coefficient (Wildman–Crippen LogP) is 4.45. The standard InChI is InChI=1S/C17H16N2/c1-3-13(2)17-18-15-11-7-8-12-16(15)19(17)14-9-5-4-6-10-14/h3-12H,1-2H3. The first-order chi connectivity index (χ1) is 9.31. The van der Waals surface area contributed by atoms with Gasteiger partial charge < -0.3 is 0 Å². The third kappa shape index (κ3) is 1.95. The van der Waals surface area contributed by atoms with Gasteiger partial charge in [-0.25, -0.2) is 4.98 Å². The second kappa shape index (κ2) is 4.73. The summed E-state index contributed by atoms with van der Waals surface area (Å²) in [7, 11) is 0. The molecule has 0 spiro atoms. The van der Waals surface area contributed by atoms with Gasteiger partial charge in [-0.05, 0) is 43.7 Å². The Morgan fingerprint density at radius 3 is 2.42 bits per heavy atom. The third-order valence-electron chi connectivity index (χ3n) is 3.36. The summed E-state index contributed by atoms with van der Waals surface area (Å²) in [6.07, 6.45) is 2.10. The van der Waals surface area contributed by atoms with Crippen molar-refractivity contribution in [1.29, 1.82) is 0 Å². The summed E-state index contributed by atoms with van der Waals surface area (Å²) in [5.41, 5.74) is 4.50. The fraction of sp³-hybridized carbons (Fsp3) is 0.118. The van der Waals surface area contributed by atoms with Crippen LogP contribution in [0.5, 0.6) is 0 Å². The van der Waals surface area contributed by atoms with Gasteiger partial charge in [-0.1, -0.05) is 36.4 Å². The van der Waals surface area contributed by atoms with Crippen molar-refractivity contribution >= 4 is 16.6 Å². The highest BCUT2D eigenvalue weighted by Gasteiger charge is 2.12. The smallest absolute Gasteiger partial charge is 0.141 e. The lowest BCUT2D eigenvalue weighted by atomic mass is 10.2. The molecule has 0 aliphatic rings. The number of hydrogen-bond donors (Lipinski definition) is 0. The highest BCUT2D eigenvalue weighted by atomic mass is 15.1. The zero-order valence-electron chi connectivity index (χ0n) is 11.2. The van der Waals surface area contributed by atoms with Crippen LogP contribution >= 0.6 is 0 Å². The normalized spacial score (nSPS) is 12.0. The highest BCUT2D eigenvalue weighted by molar-refractivity contribution is 5.82. The lowest BCUT2D eigenvalue weighted by Crippen LogP contribution is -1.99. The van der Waals surface area contributed by atoms with E-state index in [9.17, 15) is 0 Å². The predicted molar refractivity (Wildman–Crippen MR) is 80.4 cm³/mol. The first-order valence-electron chi connectivity index (χ1n) is 6.47. The minimum absolute atomic E-state index is 1.01. The van der Waals surface area contributed by atoms with E-state index in [0.717, 1.165) is 22.5 Å². The van der Waals surface area contributed by atoms with Gasteiger partial charge in [0.2, 0.25) is 0 Å². The summed E-state index contributed by atoms with van der Waals surface area (Å²) in [4.78, 5) is 4.75.